The SMILES string of the molecule is CCC(=O)NCCN1C(=O)C2(CC2)Oc2cc(C)c(C(=O)N(C(C)C)[C@@H]3CCCNC3)cc21. The summed E-state index contributed by atoms with van der Waals surface area (Å²) in [7, 11) is 0. The Labute approximate surface area is 196 Å². The summed E-state index contributed by atoms with van der Waals surface area (Å²) in [5.74, 6) is 0.487. The molecule has 2 heterocycles. The summed E-state index contributed by atoms with van der Waals surface area (Å²) in [4.78, 5) is 42.4. The van der Waals surface area contributed by atoms with E-state index < -0.39 is 5.60 Å². The quantitative estimate of drug-likeness (QED) is 0.658. The molecule has 1 spiro atoms. The molecular weight excluding hydrogens is 420 g/mol. The van der Waals surface area contributed by atoms with Crippen molar-refractivity contribution in [2.45, 2.75) is 77.5 Å². The summed E-state index contributed by atoms with van der Waals surface area (Å²) in [6.07, 6.45) is 3.81. The summed E-state index contributed by atoms with van der Waals surface area (Å²) in [6, 6.07) is 3.91. The number of carbonyl (C=O) groups is 3. The maximum absolute atomic E-state index is 13.8. The van der Waals surface area contributed by atoms with E-state index in [1.807, 2.05) is 37.8 Å². The average molecular weight is 457 g/mol. The molecule has 1 atom stereocenters. The largest absolute Gasteiger partial charge is 0.475 e. The van der Waals surface area contributed by atoms with Crippen LogP contribution in [0.2, 0.25) is 0 Å². The fourth-order valence-electron chi connectivity index (χ4n) is 4.92. The molecule has 1 saturated carbocycles. The van der Waals surface area contributed by atoms with Gasteiger partial charge in [-0.05, 0) is 57.9 Å². The van der Waals surface area contributed by atoms with Gasteiger partial charge in [-0.2, -0.15) is 0 Å². The van der Waals surface area contributed by atoms with Crippen LogP contribution in [-0.2, 0) is 9.59 Å². The van der Waals surface area contributed by atoms with Gasteiger partial charge in [0.2, 0.25) is 5.91 Å². The zero-order valence-corrected chi connectivity index (χ0v) is 20.2. The first-order chi connectivity index (χ1) is 15.8. The Balaban J connectivity index is 1.65. The lowest BCUT2D eigenvalue weighted by Gasteiger charge is -2.39. The van der Waals surface area contributed by atoms with Crippen LogP contribution in [0.25, 0.3) is 0 Å². The van der Waals surface area contributed by atoms with Crippen molar-refractivity contribution in [3.63, 3.8) is 0 Å². The van der Waals surface area contributed by atoms with Crippen LogP contribution in [-0.4, -0.2) is 66.5 Å². The molecule has 2 fully saturated rings. The Morgan fingerprint density at radius 1 is 1.33 bits per heavy atom. The lowest BCUT2D eigenvalue weighted by atomic mass is 9.99. The first-order valence-corrected chi connectivity index (χ1v) is 12.2. The molecule has 0 bridgehead atoms. The van der Waals surface area contributed by atoms with Crippen LogP contribution < -0.4 is 20.3 Å². The molecular formula is C25H36N4O4. The second-order valence-electron chi connectivity index (χ2n) is 9.70. The molecule has 1 aliphatic carbocycles. The average Bonchev–Trinajstić information content (AvgIpc) is 3.56. The van der Waals surface area contributed by atoms with Gasteiger partial charge in [0.25, 0.3) is 11.8 Å². The predicted molar refractivity (Wildman–Crippen MR) is 127 cm³/mol. The number of benzene rings is 1. The molecule has 1 saturated heterocycles. The van der Waals surface area contributed by atoms with Crippen LogP contribution in [0.3, 0.4) is 0 Å². The Hall–Kier alpha value is -2.61. The van der Waals surface area contributed by atoms with Crippen molar-refractivity contribution in [3.8, 4) is 5.75 Å². The number of piperidine rings is 1. The summed E-state index contributed by atoms with van der Waals surface area (Å²) in [5, 5.41) is 6.25. The third-order valence-electron chi connectivity index (χ3n) is 6.91. The van der Waals surface area contributed by atoms with E-state index in [1.54, 1.807) is 11.8 Å². The second kappa shape index (κ2) is 9.33. The van der Waals surface area contributed by atoms with Crippen LogP contribution in [0.4, 0.5) is 5.69 Å². The maximum Gasteiger partial charge on any atom is 0.271 e. The Morgan fingerprint density at radius 2 is 2.09 bits per heavy atom. The fourth-order valence-corrected chi connectivity index (χ4v) is 4.92. The number of rotatable bonds is 7. The smallest absolute Gasteiger partial charge is 0.271 e. The lowest BCUT2D eigenvalue weighted by molar-refractivity contribution is -0.128. The van der Waals surface area contributed by atoms with Crippen molar-refractivity contribution in [3.05, 3.63) is 23.3 Å². The third-order valence-corrected chi connectivity index (χ3v) is 6.91. The normalized spacial score (nSPS) is 20.9. The molecule has 0 unspecified atom stereocenters. The van der Waals surface area contributed by atoms with Crippen LogP contribution >= 0.6 is 0 Å². The van der Waals surface area contributed by atoms with E-state index in [1.165, 1.54) is 0 Å². The van der Waals surface area contributed by atoms with E-state index in [4.69, 9.17) is 4.74 Å². The van der Waals surface area contributed by atoms with Gasteiger partial charge in [-0.25, -0.2) is 0 Å². The number of nitrogens with one attached hydrogen (secondary N) is 2. The Kier molecular flexibility index (Phi) is 6.66. The minimum atomic E-state index is -0.780. The molecule has 33 heavy (non-hydrogen) atoms. The highest BCUT2D eigenvalue weighted by Crippen LogP contribution is 2.49. The predicted octanol–water partition coefficient (Wildman–Crippen LogP) is 2.38. The molecule has 3 amide bonds. The highest BCUT2D eigenvalue weighted by molar-refractivity contribution is 6.06. The number of aryl methyl sites for hydroxylation is 1. The van der Waals surface area contributed by atoms with Crippen molar-refractivity contribution in [2.75, 3.05) is 31.1 Å². The molecule has 180 valence electrons. The van der Waals surface area contributed by atoms with E-state index >= 15 is 0 Å². The van der Waals surface area contributed by atoms with E-state index in [-0.39, 0.29) is 29.8 Å². The standard InChI is InChI=1S/C25H36N4O4/c1-5-22(30)27-11-12-28-20-14-19(17(4)13-21(20)33-25(8-9-25)24(28)32)23(31)29(16(2)3)18-7-6-10-26-15-18/h13-14,16,18,26H,5-12,15H2,1-4H3,(H,27,30)/t18-/m1/s1. The van der Waals surface area contributed by atoms with Gasteiger partial charge >= 0.3 is 0 Å². The van der Waals surface area contributed by atoms with Gasteiger partial charge in [-0.15, -0.1) is 0 Å². The van der Waals surface area contributed by atoms with E-state index in [0.717, 1.165) is 31.5 Å². The minimum absolute atomic E-state index is 0.0163. The van der Waals surface area contributed by atoms with E-state index in [2.05, 4.69) is 10.6 Å². The molecule has 8 heteroatoms. The number of ether oxygens (including phenoxy) is 1. The van der Waals surface area contributed by atoms with Gasteiger partial charge in [0.15, 0.2) is 5.60 Å². The zero-order valence-electron chi connectivity index (χ0n) is 20.2. The van der Waals surface area contributed by atoms with E-state index in [0.29, 0.717) is 49.4 Å². The monoisotopic (exact) mass is 456 g/mol. The second-order valence-corrected chi connectivity index (χ2v) is 9.70. The number of carbonyl (C=O) groups excluding carboxylic acids is 3. The summed E-state index contributed by atoms with van der Waals surface area (Å²) >= 11 is 0. The highest BCUT2D eigenvalue weighted by Gasteiger charge is 2.58. The fraction of sp³-hybridized carbons (Fsp3) is 0.640. The minimum Gasteiger partial charge on any atom is -0.475 e. The van der Waals surface area contributed by atoms with Crippen LogP contribution in [0.15, 0.2) is 12.1 Å². The van der Waals surface area contributed by atoms with Gasteiger partial charge in [0, 0.05) is 56.5 Å². The number of hydrogen-bond acceptors (Lipinski definition) is 5. The van der Waals surface area contributed by atoms with Gasteiger partial charge in [0.05, 0.1) is 5.69 Å². The lowest BCUT2D eigenvalue weighted by Crippen LogP contribution is -2.52. The number of fused-ring (bicyclic) bond motifs is 1. The molecule has 1 aromatic carbocycles. The zero-order chi connectivity index (χ0) is 23.8. The Bertz CT molecular complexity index is 935. The van der Waals surface area contributed by atoms with Crippen molar-refractivity contribution in [1.82, 2.24) is 15.5 Å². The molecule has 0 radical (unpaired) electrons. The first kappa shape index (κ1) is 23.5. The summed E-state index contributed by atoms with van der Waals surface area (Å²) < 4.78 is 6.15. The van der Waals surface area contributed by atoms with Gasteiger partial charge < -0.3 is 25.2 Å². The molecule has 2 N–H and O–H groups in total. The van der Waals surface area contributed by atoms with Gasteiger partial charge in [0.1, 0.15) is 5.75 Å². The highest BCUT2D eigenvalue weighted by atomic mass is 16.5. The number of hydrogen-bond donors (Lipinski definition) is 2. The topological polar surface area (TPSA) is 91.0 Å². The third kappa shape index (κ3) is 4.58. The molecule has 1 aromatic rings. The van der Waals surface area contributed by atoms with Gasteiger partial charge in [-0.3, -0.25) is 14.4 Å². The van der Waals surface area contributed by atoms with Crippen molar-refractivity contribution >= 4 is 23.4 Å². The number of nitrogens with zero attached hydrogens (tertiary/aromatic N) is 2. The first-order valence-electron chi connectivity index (χ1n) is 12.2. The molecule has 2 aliphatic heterocycles. The van der Waals surface area contributed by atoms with Crippen molar-refractivity contribution in [2.24, 2.45) is 0 Å². The van der Waals surface area contributed by atoms with Crippen LogP contribution in [0.1, 0.15) is 68.8 Å². The molecule has 0 aromatic heterocycles. The molecule has 3 aliphatic rings. The van der Waals surface area contributed by atoms with Crippen LogP contribution in [0, 0.1) is 6.92 Å². The van der Waals surface area contributed by atoms with Crippen LogP contribution in [0.5, 0.6) is 5.75 Å². The summed E-state index contributed by atoms with van der Waals surface area (Å²) in [5.41, 5.74) is 1.27. The number of anilines is 1. The van der Waals surface area contributed by atoms with Crippen molar-refractivity contribution < 1.29 is 19.1 Å². The molecule has 4 rings (SSSR count). The molecule has 8 nitrogen and oxygen atoms in total. The number of amides is 3. The van der Waals surface area contributed by atoms with Crippen molar-refractivity contribution in [1.29, 1.82) is 0 Å². The maximum atomic E-state index is 13.8. The Morgan fingerprint density at radius 3 is 2.70 bits per heavy atom. The van der Waals surface area contributed by atoms with E-state index in [9.17, 15) is 14.4 Å². The van der Waals surface area contributed by atoms with Gasteiger partial charge in [-0.1, -0.05) is 6.92 Å². The summed E-state index contributed by atoms with van der Waals surface area (Å²) in [6.45, 7) is 10.3.